The van der Waals surface area contributed by atoms with Gasteiger partial charge in [-0.2, -0.15) is 0 Å². The first-order chi connectivity index (χ1) is 14.3. The summed E-state index contributed by atoms with van der Waals surface area (Å²) in [6.45, 7) is 0.0528. The second-order valence-electron chi connectivity index (χ2n) is 6.07. The molecule has 0 atom stereocenters. The summed E-state index contributed by atoms with van der Waals surface area (Å²) in [6.07, 6.45) is 1.49. The molecule has 1 fully saturated rings. The fraction of sp³-hybridized carbons (Fsp3) is 0.105. The molecular formula is C19H13Cl2N3O5S. The molecular weight excluding hydrogens is 453 g/mol. The number of halogens is 2. The molecule has 1 aliphatic rings. The first-order valence-corrected chi connectivity index (χ1v) is 10.1. The Balaban J connectivity index is 1.60. The van der Waals surface area contributed by atoms with Gasteiger partial charge in [-0.25, -0.2) is 0 Å². The van der Waals surface area contributed by atoms with Crippen LogP contribution in [-0.2, 0) is 4.79 Å². The molecule has 1 saturated heterocycles. The highest BCUT2D eigenvalue weighted by molar-refractivity contribution is 8.18. The Morgan fingerprint density at radius 1 is 1.13 bits per heavy atom. The summed E-state index contributed by atoms with van der Waals surface area (Å²) in [5.41, 5.74) is 0.786. The Morgan fingerprint density at radius 3 is 2.47 bits per heavy atom. The molecule has 154 valence electrons. The van der Waals surface area contributed by atoms with Crippen LogP contribution in [-0.4, -0.2) is 40.0 Å². The van der Waals surface area contributed by atoms with Crippen LogP contribution in [0.1, 0.15) is 15.9 Å². The van der Waals surface area contributed by atoms with Crippen LogP contribution in [0.5, 0.6) is 0 Å². The average molecular weight is 466 g/mol. The normalized spacial score (nSPS) is 15.0. The Bertz CT molecular complexity index is 1070. The molecule has 30 heavy (non-hydrogen) atoms. The molecule has 3 amide bonds. The third-order valence-corrected chi connectivity index (χ3v) is 5.72. The largest absolute Gasteiger partial charge is 0.350 e. The lowest BCUT2D eigenvalue weighted by molar-refractivity contribution is -0.384. The lowest BCUT2D eigenvalue weighted by Crippen LogP contribution is -2.37. The number of carbonyl (C=O) groups excluding carboxylic acids is 3. The smallest absolute Gasteiger partial charge is 0.293 e. The van der Waals surface area contributed by atoms with Gasteiger partial charge in [0.25, 0.3) is 22.7 Å². The molecule has 0 aliphatic carbocycles. The van der Waals surface area contributed by atoms with Gasteiger partial charge in [-0.05, 0) is 53.7 Å². The van der Waals surface area contributed by atoms with Gasteiger partial charge in [-0.1, -0.05) is 23.2 Å². The van der Waals surface area contributed by atoms with Crippen LogP contribution in [0.4, 0.5) is 10.5 Å². The first-order valence-electron chi connectivity index (χ1n) is 8.49. The van der Waals surface area contributed by atoms with Gasteiger partial charge in [0.1, 0.15) is 0 Å². The SMILES string of the molecule is O=C(NCCN1C(=O)S/C(=C\c2ccc([N+](=O)[O-])cc2)C1=O)c1ccc(Cl)c(Cl)c1. The van der Waals surface area contributed by atoms with Gasteiger partial charge in [0.2, 0.25) is 0 Å². The van der Waals surface area contributed by atoms with Crippen molar-refractivity contribution < 1.29 is 19.3 Å². The molecule has 1 aliphatic heterocycles. The van der Waals surface area contributed by atoms with Crippen molar-refractivity contribution in [3.8, 4) is 0 Å². The van der Waals surface area contributed by atoms with Crippen molar-refractivity contribution in [3.63, 3.8) is 0 Å². The van der Waals surface area contributed by atoms with Crippen molar-refractivity contribution in [1.82, 2.24) is 10.2 Å². The van der Waals surface area contributed by atoms with E-state index in [9.17, 15) is 24.5 Å². The number of hydrogen-bond donors (Lipinski definition) is 1. The molecule has 0 bridgehead atoms. The lowest BCUT2D eigenvalue weighted by Gasteiger charge is -2.13. The third-order valence-electron chi connectivity index (χ3n) is 4.08. The molecule has 3 rings (SSSR count). The highest BCUT2D eigenvalue weighted by atomic mass is 35.5. The van der Waals surface area contributed by atoms with E-state index < -0.39 is 22.0 Å². The summed E-state index contributed by atoms with van der Waals surface area (Å²) < 4.78 is 0. The summed E-state index contributed by atoms with van der Waals surface area (Å²) >= 11 is 12.5. The van der Waals surface area contributed by atoms with Gasteiger partial charge in [0.15, 0.2) is 0 Å². The Labute approximate surface area is 185 Å². The molecule has 0 unspecified atom stereocenters. The number of rotatable bonds is 6. The predicted molar refractivity (Wildman–Crippen MR) is 115 cm³/mol. The van der Waals surface area contributed by atoms with Crippen LogP contribution in [0.3, 0.4) is 0 Å². The van der Waals surface area contributed by atoms with Gasteiger partial charge in [0.05, 0.1) is 19.9 Å². The van der Waals surface area contributed by atoms with Crippen LogP contribution in [0.15, 0.2) is 47.4 Å². The molecule has 0 radical (unpaired) electrons. The number of imide groups is 1. The summed E-state index contributed by atoms with van der Waals surface area (Å²) in [6, 6.07) is 10.0. The van der Waals surface area contributed by atoms with Crippen LogP contribution in [0.2, 0.25) is 10.0 Å². The maximum absolute atomic E-state index is 12.5. The first kappa shape index (κ1) is 21.8. The molecule has 0 aromatic heterocycles. The highest BCUT2D eigenvalue weighted by Crippen LogP contribution is 2.32. The monoisotopic (exact) mass is 465 g/mol. The minimum absolute atomic E-state index is 0.00463. The zero-order valence-electron chi connectivity index (χ0n) is 15.1. The minimum atomic E-state index is -0.524. The lowest BCUT2D eigenvalue weighted by atomic mass is 10.2. The number of nitro groups is 1. The highest BCUT2D eigenvalue weighted by Gasteiger charge is 2.34. The van der Waals surface area contributed by atoms with Crippen LogP contribution < -0.4 is 5.32 Å². The van der Waals surface area contributed by atoms with Crippen LogP contribution in [0.25, 0.3) is 6.08 Å². The summed E-state index contributed by atoms with van der Waals surface area (Å²) in [5, 5.41) is 13.4. The number of carbonyl (C=O) groups is 3. The number of hydrogen-bond acceptors (Lipinski definition) is 6. The van der Waals surface area contributed by atoms with Crippen molar-refractivity contribution in [2.24, 2.45) is 0 Å². The Kier molecular flexibility index (Phi) is 6.76. The topological polar surface area (TPSA) is 110 Å². The number of amides is 3. The molecule has 2 aromatic rings. The molecule has 0 spiro atoms. The number of benzene rings is 2. The molecule has 1 N–H and O–H groups in total. The zero-order chi connectivity index (χ0) is 21.8. The van der Waals surface area contributed by atoms with Crippen molar-refractivity contribution in [2.75, 3.05) is 13.1 Å². The fourth-order valence-corrected chi connectivity index (χ4v) is 3.72. The van der Waals surface area contributed by atoms with E-state index in [2.05, 4.69) is 5.32 Å². The summed E-state index contributed by atoms with van der Waals surface area (Å²) in [7, 11) is 0. The van der Waals surface area contributed by atoms with Crippen molar-refractivity contribution in [1.29, 1.82) is 0 Å². The van der Waals surface area contributed by atoms with Gasteiger partial charge in [0, 0.05) is 30.8 Å². The molecule has 1 heterocycles. The van der Waals surface area contributed by atoms with E-state index in [1.165, 1.54) is 48.5 Å². The minimum Gasteiger partial charge on any atom is -0.350 e. The average Bonchev–Trinajstić information content (AvgIpc) is 2.97. The second kappa shape index (κ2) is 9.29. The van der Waals surface area contributed by atoms with Crippen molar-refractivity contribution in [2.45, 2.75) is 0 Å². The van der Waals surface area contributed by atoms with E-state index in [0.717, 1.165) is 16.7 Å². The van der Waals surface area contributed by atoms with Gasteiger partial charge in [-0.15, -0.1) is 0 Å². The van der Waals surface area contributed by atoms with Gasteiger partial charge < -0.3 is 5.32 Å². The summed E-state index contributed by atoms with van der Waals surface area (Å²) in [4.78, 5) is 48.2. The van der Waals surface area contributed by atoms with Crippen LogP contribution in [0, 0.1) is 10.1 Å². The van der Waals surface area contributed by atoms with Crippen molar-refractivity contribution in [3.05, 3.63) is 78.7 Å². The molecule has 11 heteroatoms. The summed E-state index contributed by atoms with van der Waals surface area (Å²) in [5.74, 6) is -0.908. The maximum atomic E-state index is 12.5. The van der Waals surface area contributed by atoms with Gasteiger partial charge >= 0.3 is 0 Å². The molecule has 0 saturated carbocycles. The van der Waals surface area contributed by atoms with E-state index >= 15 is 0 Å². The standard InChI is InChI=1S/C19H13Cl2N3O5S/c20-14-6-3-12(10-15(14)21)17(25)22-7-8-23-18(26)16(30-19(23)27)9-11-1-4-13(5-2-11)24(28)29/h1-6,9-10H,7-8H2,(H,22,25)/b16-9-. The van der Waals surface area contributed by atoms with E-state index in [4.69, 9.17) is 23.2 Å². The maximum Gasteiger partial charge on any atom is 0.293 e. The zero-order valence-corrected chi connectivity index (χ0v) is 17.5. The number of nitro benzene ring substituents is 1. The fourth-order valence-electron chi connectivity index (χ4n) is 2.56. The van der Waals surface area contributed by atoms with Crippen LogP contribution >= 0.6 is 35.0 Å². The third kappa shape index (κ3) is 4.99. The quantitative estimate of drug-likeness (QED) is 0.385. The number of thioether (sulfide) groups is 1. The van der Waals surface area contributed by atoms with Gasteiger partial charge in [-0.3, -0.25) is 29.4 Å². The predicted octanol–water partition coefficient (Wildman–Crippen LogP) is 4.37. The van der Waals surface area contributed by atoms with Crippen molar-refractivity contribution >= 4 is 63.8 Å². The Hall–Kier alpha value is -2.88. The van der Waals surface area contributed by atoms with E-state index in [0.29, 0.717) is 16.1 Å². The van der Waals surface area contributed by atoms with E-state index in [-0.39, 0.29) is 28.7 Å². The number of nitrogens with one attached hydrogen (secondary N) is 1. The number of non-ortho nitro benzene ring substituents is 1. The number of nitrogens with zero attached hydrogens (tertiary/aromatic N) is 2. The molecule has 2 aromatic carbocycles. The molecule has 8 nitrogen and oxygen atoms in total. The second-order valence-corrected chi connectivity index (χ2v) is 7.87. The van der Waals surface area contributed by atoms with E-state index in [1.54, 1.807) is 0 Å². The van der Waals surface area contributed by atoms with E-state index in [1.807, 2.05) is 0 Å². The Morgan fingerprint density at radius 2 is 1.83 bits per heavy atom.